The van der Waals surface area contributed by atoms with Crippen LogP contribution in [0.3, 0.4) is 0 Å². The highest BCUT2D eigenvalue weighted by molar-refractivity contribution is 5.67. The van der Waals surface area contributed by atoms with E-state index < -0.39 is 0 Å². The van der Waals surface area contributed by atoms with Gasteiger partial charge in [0.05, 0.1) is 27.0 Å². The van der Waals surface area contributed by atoms with E-state index in [1.807, 2.05) is 0 Å². The third kappa shape index (κ3) is 3.00. The van der Waals surface area contributed by atoms with E-state index in [-0.39, 0.29) is 5.95 Å². The number of hydrogen-bond acceptors (Lipinski definition) is 7. The zero-order valence-electron chi connectivity index (χ0n) is 11.5. The Morgan fingerprint density at radius 1 is 1.00 bits per heavy atom. The van der Waals surface area contributed by atoms with Crippen LogP contribution in [-0.4, -0.2) is 31.3 Å². The second-order valence-electron chi connectivity index (χ2n) is 3.84. The van der Waals surface area contributed by atoms with Crippen molar-refractivity contribution in [2.45, 2.75) is 0 Å². The molecule has 2 rings (SSSR count). The Balaban J connectivity index is 2.35. The van der Waals surface area contributed by atoms with Crippen LogP contribution in [0.15, 0.2) is 24.3 Å². The lowest BCUT2D eigenvalue weighted by molar-refractivity contribution is 0.398. The number of anilines is 3. The minimum Gasteiger partial charge on any atom is -0.497 e. The van der Waals surface area contributed by atoms with Gasteiger partial charge in [0.25, 0.3) is 0 Å². The molecule has 0 aliphatic carbocycles. The predicted molar refractivity (Wildman–Crippen MR) is 75.8 cm³/mol. The van der Waals surface area contributed by atoms with E-state index in [1.54, 1.807) is 38.5 Å². The first kappa shape index (κ1) is 13.7. The van der Waals surface area contributed by atoms with Crippen LogP contribution in [-0.2, 0) is 0 Å². The average Bonchev–Trinajstić information content (AvgIpc) is 2.46. The predicted octanol–water partition coefficient (Wildman–Crippen LogP) is 1.83. The summed E-state index contributed by atoms with van der Waals surface area (Å²) in [6, 6.07) is 7.03. The standard InChI is InChI=1S/C13H16N4O3/c1-18-8-4-5-10(19-2)9(6-8)15-11-7-12(20-3)17-13(14)16-11/h4-7H,1-3H3,(H3,14,15,16,17). The van der Waals surface area contributed by atoms with Crippen molar-refractivity contribution in [1.82, 2.24) is 9.97 Å². The molecule has 0 spiro atoms. The van der Waals surface area contributed by atoms with Crippen molar-refractivity contribution in [3.05, 3.63) is 24.3 Å². The van der Waals surface area contributed by atoms with Crippen LogP contribution in [0.2, 0.25) is 0 Å². The van der Waals surface area contributed by atoms with Gasteiger partial charge in [-0.1, -0.05) is 0 Å². The molecular weight excluding hydrogens is 260 g/mol. The number of methoxy groups -OCH3 is 3. The van der Waals surface area contributed by atoms with E-state index in [9.17, 15) is 0 Å². The third-order valence-electron chi connectivity index (χ3n) is 2.60. The molecule has 20 heavy (non-hydrogen) atoms. The Hall–Kier alpha value is -2.70. The summed E-state index contributed by atoms with van der Waals surface area (Å²) in [5.74, 6) is 2.35. The molecule has 1 aromatic heterocycles. The number of nitrogens with one attached hydrogen (secondary N) is 1. The monoisotopic (exact) mass is 276 g/mol. The number of hydrogen-bond donors (Lipinski definition) is 2. The lowest BCUT2D eigenvalue weighted by Crippen LogP contribution is -2.02. The number of ether oxygens (including phenoxy) is 3. The van der Waals surface area contributed by atoms with Crippen LogP contribution in [0.25, 0.3) is 0 Å². The van der Waals surface area contributed by atoms with Crippen LogP contribution in [0.4, 0.5) is 17.5 Å². The van der Waals surface area contributed by atoms with Gasteiger partial charge in [0, 0.05) is 12.1 Å². The smallest absolute Gasteiger partial charge is 0.225 e. The molecule has 1 heterocycles. The zero-order chi connectivity index (χ0) is 14.5. The molecule has 0 bridgehead atoms. The van der Waals surface area contributed by atoms with Gasteiger partial charge in [0.1, 0.15) is 17.3 Å². The minimum atomic E-state index is 0.119. The lowest BCUT2D eigenvalue weighted by atomic mass is 10.2. The fraction of sp³-hybridized carbons (Fsp3) is 0.231. The largest absolute Gasteiger partial charge is 0.497 e. The normalized spacial score (nSPS) is 9.95. The van der Waals surface area contributed by atoms with Gasteiger partial charge < -0.3 is 25.3 Å². The molecule has 3 N–H and O–H groups in total. The molecule has 0 radical (unpaired) electrons. The van der Waals surface area contributed by atoms with E-state index in [0.717, 1.165) is 0 Å². The highest BCUT2D eigenvalue weighted by Crippen LogP contribution is 2.31. The maximum Gasteiger partial charge on any atom is 0.225 e. The Morgan fingerprint density at radius 3 is 2.45 bits per heavy atom. The van der Waals surface area contributed by atoms with Crippen molar-refractivity contribution >= 4 is 17.5 Å². The summed E-state index contributed by atoms with van der Waals surface area (Å²) < 4.78 is 15.5. The van der Waals surface area contributed by atoms with Gasteiger partial charge in [0.2, 0.25) is 11.8 Å². The molecule has 1 aromatic carbocycles. The second kappa shape index (κ2) is 5.96. The molecule has 0 unspecified atom stereocenters. The summed E-state index contributed by atoms with van der Waals surface area (Å²) in [6.07, 6.45) is 0. The summed E-state index contributed by atoms with van der Waals surface area (Å²) in [6.45, 7) is 0. The highest BCUT2D eigenvalue weighted by Gasteiger charge is 2.08. The minimum absolute atomic E-state index is 0.119. The van der Waals surface area contributed by atoms with Crippen molar-refractivity contribution in [1.29, 1.82) is 0 Å². The molecule has 0 atom stereocenters. The number of rotatable bonds is 5. The summed E-state index contributed by atoms with van der Waals surface area (Å²) in [5.41, 5.74) is 6.32. The number of nitrogens with zero attached hydrogens (tertiary/aromatic N) is 2. The molecule has 0 saturated carbocycles. The fourth-order valence-corrected chi connectivity index (χ4v) is 1.66. The van der Waals surface area contributed by atoms with Crippen LogP contribution in [0.5, 0.6) is 17.4 Å². The van der Waals surface area contributed by atoms with Crippen LogP contribution in [0.1, 0.15) is 0 Å². The third-order valence-corrected chi connectivity index (χ3v) is 2.60. The van der Waals surface area contributed by atoms with Crippen LogP contribution in [0, 0.1) is 0 Å². The SMILES string of the molecule is COc1ccc(OC)c(Nc2cc(OC)nc(N)n2)c1. The van der Waals surface area contributed by atoms with E-state index in [2.05, 4.69) is 15.3 Å². The van der Waals surface area contributed by atoms with Gasteiger partial charge in [-0.05, 0) is 12.1 Å². The summed E-state index contributed by atoms with van der Waals surface area (Å²) in [5, 5.41) is 3.10. The van der Waals surface area contributed by atoms with Gasteiger partial charge in [-0.15, -0.1) is 0 Å². The summed E-state index contributed by atoms with van der Waals surface area (Å²) >= 11 is 0. The average molecular weight is 276 g/mol. The Bertz CT molecular complexity index is 604. The topological polar surface area (TPSA) is 91.5 Å². The first-order valence-corrected chi connectivity index (χ1v) is 5.84. The molecule has 0 aliphatic rings. The van der Waals surface area contributed by atoms with Gasteiger partial charge in [-0.25, -0.2) is 0 Å². The van der Waals surface area contributed by atoms with E-state index in [0.29, 0.717) is 28.9 Å². The Labute approximate surface area is 116 Å². The van der Waals surface area contributed by atoms with Crippen LogP contribution < -0.4 is 25.3 Å². The quantitative estimate of drug-likeness (QED) is 0.860. The Kier molecular flexibility index (Phi) is 4.09. The molecule has 106 valence electrons. The van der Waals surface area contributed by atoms with Crippen LogP contribution >= 0.6 is 0 Å². The molecule has 7 nitrogen and oxygen atoms in total. The van der Waals surface area contributed by atoms with Gasteiger partial charge in [0.15, 0.2) is 0 Å². The maximum absolute atomic E-state index is 5.62. The van der Waals surface area contributed by atoms with Crippen molar-refractivity contribution in [3.8, 4) is 17.4 Å². The first-order valence-electron chi connectivity index (χ1n) is 5.84. The number of nitrogen functional groups attached to an aromatic ring is 1. The van der Waals surface area contributed by atoms with E-state index >= 15 is 0 Å². The lowest BCUT2D eigenvalue weighted by Gasteiger charge is -2.12. The summed E-state index contributed by atoms with van der Waals surface area (Å²) in [7, 11) is 4.69. The van der Waals surface area contributed by atoms with E-state index in [4.69, 9.17) is 19.9 Å². The van der Waals surface area contributed by atoms with Gasteiger partial charge in [-0.2, -0.15) is 9.97 Å². The van der Waals surface area contributed by atoms with Crippen molar-refractivity contribution in [2.24, 2.45) is 0 Å². The molecule has 0 amide bonds. The van der Waals surface area contributed by atoms with Gasteiger partial charge >= 0.3 is 0 Å². The molecule has 0 fully saturated rings. The van der Waals surface area contributed by atoms with Crippen molar-refractivity contribution < 1.29 is 14.2 Å². The second-order valence-corrected chi connectivity index (χ2v) is 3.84. The molecule has 7 heteroatoms. The number of nitrogens with two attached hydrogens (primary N) is 1. The molecular formula is C13H16N4O3. The summed E-state index contributed by atoms with van der Waals surface area (Å²) in [4.78, 5) is 8.01. The number of aromatic nitrogens is 2. The fourth-order valence-electron chi connectivity index (χ4n) is 1.66. The zero-order valence-corrected chi connectivity index (χ0v) is 11.5. The van der Waals surface area contributed by atoms with E-state index in [1.165, 1.54) is 7.11 Å². The van der Waals surface area contributed by atoms with Gasteiger partial charge in [-0.3, -0.25) is 0 Å². The number of benzene rings is 1. The highest BCUT2D eigenvalue weighted by atomic mass is 16.5. The Morgan fingerprint density at radius 2 is 1.80 bits per heavy atom. The molecule has 0 saturated heterocycles. The molecule has 0 aliphatic heterocycles. The molecule has 2 aromatic rings. The van der Waals surface area contributed by atoms with Crippen molar-refractivity contribution in [3.63, 3.8) is 0 Å². The maximum atomic E-state index is 5.62. The van der Waals surface area contributed by atoms with Crippen molar-refractivity contribution in [2.75, 3.05) is 32.4 Å². The first-order chi connectivity index (χ1) is 9.66.